The van der Waals surface area contributed by atoms with Crippen molar-refractivity contribution in [1.29, 1.82) is 0 Å². The normalized spacial score (nSPS) is 22.2. The van der Waals surface area contributed by atoms with Crippen molar-refractivity contribution >= 4 is 21.4 Å². The smallest absolute Gasteiger partial charge is 0.385 e. The van der Waals surface area contributed by atoms with Crippen molar-refractivity contribution in [3.8, 4) is 0 Å². The van der Waals surface area contributed by atoms with Crippen LogP contribution in [0.1, 0.15) is 31.2 Å². The fraction of sp³-hybridized carbons (Fsp3) is 0.625. The molecule has 0 unspecified atom stereocenters. The molecule has 4 nitrogen and oxygen atoms in total. The van der Waals surface area contributed by atoms with Gasteiger partial charge in [0.05, 0.1) is 17.9 Å². The first-order valence-corrected chi connectivity index (χ1v) is 9.83. The number of hydrogen-bond donors (Lipinski definition) is 2. The first-order chi connectivity index (χ1) is 11.0. The molecule has 1 aliphatic rings. The average Bonchev–Trinajstić information content (AvgIpc) is 2.46. The van der Waals surface area contributed by atoms with Gasteiger partial charge in [-0.05, 0) is 56.2 Å². The Kier molecular flexibility index (Phi) is 5.67. The van der Waals surface area contributed by atoms with Gasteiger partial charge in [0.25, 0.3) is 0 Å². The largest absolute Gasteiger partial charge is 0.391 e. The van der Waals surface area contributed by atoms with E-state index in [0.29, 0.717) is 25.1 Å². The SMILES string of the molecule is Cc1ccc(NCC2CCC(C(F)(F)F)CC2)cc1NS(C)(=O)=O. The van der Waals surface area contributed by atoms with Crippen LogP contribution in [0.4, 0.5) is 24.5 Å². The second-order valence-corrected chi connectivity index (χ2v) is 8.29. The molecule has 0 amide bonds. The van der Waals surface area contributed by atoms with Gasteiger partial charge < -0.3 is 5.32 Å². The lowest BCUT2D eigenvalue weighted by Crippen LogP contribution is -2.29. The molecule has 0 bridgehead atoms. The van der Waals surface area contributed by atoms with Crippen LogP contribution in [-0.2, 0) is 10.0 Å². The van der Waals surface area contributed by atoms with Crippen LogP contribution in [0.3, 0.4) is 0 Å². The van der Waals surface area contributed by atoms with Crippen LogP contribution < -0.4 is 10.0 Å². The van der Waals surface area contributed by atoms with Gasteiger partial charge in [-0.25, -0.2) is 8.42 Å². The predicted molar refractivity (Wildman–Crippen MR) is 89.6 cm³/mol. The van der Waals surface area contributed by atoms with Crippen molar-refractivity contribution in [3.05, 3.63) is 23.8 Å². The highest BCUT2D eigenvalue weighted by atomic mass is 32.2. The number of sulfonamides is 1. The summed E-state index contributed by atoms with van der Waals surface area (Å²) in [7, 11) is -3.36. The number of rotatable bonds is 5. The summed E-state index contributed by atoms with van der Waals surface area (Å²) < 4.78 is 63.2. The summed E-state index contributed by atoms with van der Waals surface area (Å²) in [5, 5.41) is 3.21. The molecule has 8 heteroatoms. The van der Waals surface area contributed by atoms with Crippen molar-refractivity contribution in [1.82, 2.24) is 0 Å². The molecule has 0 saturated heterocycles. The number of hydrogen-bond acceptors (Lipinski definition) is 3. The van der Waals surface area contributed by atoms with Crippen LogP contribution in [0.25, 0.3) is 0 Å². The van der Waals surface area contributed by atoms with Gasteiger partial charge in [-0.1, -0.05) is 6.07 Å². The van der Waals surface area contributed by atoms with Crippen molar-refractivity contribution in [2.24, 2.45) is 11.8 Å². The quantitative estimate of drug-likeness (QED) is 0.825. The van der Waals surface area contributed by atoms with Gasteiger partial charge in [0.1, 0.15) is 0 Å². The van der Waals surface area contributed by atoms with E-state index in [1.807, 2.05) is 6.07 Å². The Morgan fingerprint density at radius 1 is 1.17 bits per heavy atom. The number of benzene rings is 1. The fourth-order valence-electron chi connectivity index (χ4n) is 3.00. The minimum atomic E-state index is -4.08. The number of aryl methyl sites for hydroxylation is 1. The molecule has 2 N–H and O–H groups in total. The Bertz CT molecular complexity index is 666. The monoisotopic (exact) mass is 364 g/mol. The number of anilines is 2. The van der Waals surface area contributed by atoms with Crippen LogP contribution in [0.5, 0.6) is 0 Å². The molecule has 136 valence electrons. The molecule has 0 spiro atoms. The minimum absolute atomic E-state index is 0.185. The molecular formula is C16H23F3N2O2S. The van der Waals surface area contributed by atoms with E-state index in [2.05, 4.69) is 10.0 Å². The molecule has 0 aliphatic heterocycles. The molecule has 0 heterocycles. The van der Waals surface area contributed by atoms with Gasteiger partial charge in [-0.3, -0.25) is 4.72 Å². The molecular weight excluding hydrogens is 341 g/mol. The lowest BCUT2D eigenvalue weighted by molar-refractivity contribution is -0.183. The summed E-state index contributed by atoms with van der Waals surface area (Å²) in [5.74, 6) is -0.963. The molecule has 0 atom stereocenters. The molecule has 1 fully saturated rings. The van der Waals surface area contributed by atoms with Gasteiger partial charge in [0.2, 0.25) is 10.0 Å². The third-order valence-electron chi connectivity index (χ3n) is 4.44. The summed E-state index contributed by atoms with van der Waals surface area (Å²) in [6.07, 6.45) is -1.52. The average molecular weight is 364 g/mol. The van der Waals surface area contributed by atoms with Gasteiger partial charge in [0, 0.05) is 12.2 Å². The Morgan fingerprint density at radius 3 is 2.33 bits per heavy atom. The maximum atomic E-state index is 12.7. The lowest BCUT2D eigenvalue weighted by Gasteiger charge is -2.30. The van der Waals surface area contributed by atoms with E-state index in [0.717, 1.165) is 17.5 Å². The van der Waals surface area contributed by atoms with Crippen LogP contribution in [0, 0.1) is 18.8 Å². The second kappa shape index (κ2) is 7.21. The molecule has 1 aromatic rings. The molecule has 1 aliphatic carbocycles. The zero-order chi connectivity index (χ0) is 18.0. The zero-order valence-corrected chi connectivity index (χ0v) is 14.6. The van der Waals surface area contributed by atoms with Crippen LogP contribution >= 0.6 is 0 Å². The van der Waals surface area contributed by atoms with Crippen LogP contribution in [0.15, 0.2) is 18.2 Å². The summed E-state index contributed by atoms with van der Waals surface area (Å²) in [6, 6.07) is 5.35. The second-order valence-electron chi connectivity index (χ2n) is 6.54. The van der Waals surface area contributed by atoms with E-state index in [9.17, 15) is 21.6 Å². The van der Waals surface area contributed by atoms with E-state index in [1.54, 1.807) is 19.1 Å². The van der Waals surface area contributed by atoms with E-state index >= 15 is 0 Å². The molecule has 0 aromatic heterocycles. The molecule has 2 rings (SSSR count). The van der Waals surface area contributed by atoms with Crippen molar-refractivity contribution in [3.63, 3.8) is 0 Å². The van der Waals surface area contributed by atoms with E-state index in [1.165, 1.54) is 0 Å². The summed E-state index contributed by atoms with van der Waals surface area (Å²) in [4.78, 5) is 0. The Balaban J connectivity index is 1.90. The summed E-state index contributed by atoms with van der Waals surface area (Å²) in [6.45, 7) is 2.39. The van der Waals surface area contributed by atoms with Gasteiger partial charge >= 0.3 is 6.18 Å². The molecule has 1 aromatic carbocycles. The van der Waals surface area contributed by atoms with Gasteiger partial charge in [-0.2, -0.15) is 13.2 Å². The van der Waals surface area contributed by atoms with E-state index < -0.39 is 22.1 Å². The van der Waals surface area contributed by atoms with Crippen LogP contribution in [0.2, 0.25) is 0 Å². The van der Waals surface area contributed by atoms with Gasteiger partial charge in [-0.15, -0.1) is 0 Å². The van der Waals surface area contributed by atoms with Crippen molar-refractivity contribution < 1.29 is 21.6 Å². The van der Waals surface area contributed by atoms with Crippen LogP contribution in [-0.4, -0.2) is 27.4 Å². The number of halogens is 3. The topological polar surface area (TPSA) is 58.2 Å². The first kappa shape index (κ1) is 18.9. The summed E-state index contributed by atoms with van der Waals surface area (Å²) in [5.41, 5.74) is 2.06. The van der Waals surface area contributed by atoms with E-state index in [-0.39, 0.29) is 18.8 Å². The zero-order valence-electron chi connectivity index (χ0n) is 13.8. The fourth-order valence-corrected chi connectivity index (χ4v) is 3.62. The Hall–Kier alpha value is -1.44. The molecule has 0 radical (unpaired) electrons. The van der Waals surface area contributed by atoms with Crippen molar-refractivity contribution in [2.75, 3.05) is 22.8 Å². The highest BCUT2D eigenvalue weighted by Gasteiger charge is 2.41. The third-order valence-corrected chi connectivity index (χ3v) is 5.03. The van der Waals surface area contributed by atoms with E-state index in [4.69, 9.17) is 0 Å². The maximum Gasteiger partial charge on any atom is 0.391 e. The Labute approximate surface area is 140 Å². The Morgan fingerprint density at radius 2 is 1.79 bits per heavy atom. The maximum absolute atomic E-state index is 12.7. The predicted octanol–water partition coefficient (Wildman–Crippen LogP) is 4.15. The summed E-state index contributed by atoms with van der Waals surface area (Å²) >= 11 is 0. The van der Waals surface area contributed by atoms with Gasteiger partial charge in [0.15, 0.2) is 0 Å². The lowest BCUT2D eigenvalue weighted by atomic mass is 9.81. The third kappa shape index (κ3) is 5.58. The number of nitrogens with one attached hydrogen (secondary N) is 2. The highest BCUT2D eigenvalue weighted by Crippen LogP contribution is 2.39. The molecule has 1 saturated carbocycles. The first-order valence-electron chi connectivity index (χ1n) is 7.93. The number of alkyl halides is 3. The molecule has 24 heavy (non-hydrogen) atoms. The highest BCUT2D eigenvalue weighted by molar-refractivity contribution is 7.92. The minimum Gasteiger partial charge on any atom is -0.385 e. The van der Waals surface area contributed by atoms with Crippen molar-refractivity contribution in [2.45, 2.75) is 38.8 Å². The standard InChI is InChI=1S/C16H23F3N2O2S/c1-11-3-8-14(9-15(11)21-24(2,22)23)20-10-12-4-6-13(7-5-12)16(17,18)19/h3,8-9,12-13,20-21H,4-7,10H2,1-2H3.